The van der Waals surface area contributed by atoms with E-state index < -0.39 is 16.1 Å². The average Bonchev–Trinajstić information content (AvgIpc) is 3.23. The lowest BCUT2D eigenvalue weighted by atomic mass is 10.1. The minimum absolute atomic E-state index is 0.121. The number of anilines is 1. The number of ether oxygens (including phenoxy) is 1. The van der Waals surface area contributed by atoms with E-state index in [-0.39, 0.29) is 10.8 Å². The summed E-state index contributed by atoms with van der Waals surface area (Å²) in [7, 11) is -0.500. The molecular weight excluding hydrogens is 388 g/mol. The maximum atomic E-state index is 13.0. The van der Waals surface area contributed by atoms with Crippen LogP contribution in [0.5, 0.6) is 5.75 Å². The molecule has 0 aliphatic carbocycles. The normalized spacial score (nSPS) is 18.4. The molecule has 0 saturated carbocycles. The number of carbonyl (C=O) groups excluding carboxylic acids is 1. The van der Waals surface area contributed by atoms with Crippen molar-refractivity contribution in [2.45, 2.75) is 23.8 Å². The Hall–Kier alpha value is -2.09. The summed E-state index contributed by atoms with van der Waals surface area (Å²) in [5, 5.41) is 0.617. The van der Waals surface area contributed by atoms with E-state index >= 15 is 0 Å². The summed E-state index contributed by atoms with van der Waals surface area (Å²) in [6.45, 7) is 0.511. The largest absolute Gasteiger partial charge is 0.480 e. The maximum Gasteiger partial charge on any atom is 0.268 e. The molecule has 0 saturated heterocycles. The van der Waals surface area contributed by atoms with Gasteiger partial charge in [-0.2, -0.15) is 0 Å². The first kappa shape index (κ1) is 18.3. The highest BCUT2D eigenvalue weighted by Crippen LogP contribution is 2.35. The Labute approximate surface area is 163 Å². The van der Waals surface area contributed by atoms with Gasteiger partial charge in [0.15, 0.2) is 6.10 Å². The van der Waals surface area contributed by atoms with Gasteiger partial charge in [0.1, 0.15) is 5.75 Å². The quantitative estimate of drug-likeness (QED) is 0.785. The van der Waals surface area contributed by atoms with Gasteiger partial charge >= 0.3 is 0 Å². The lowest BCUT2D eigenvalue weighted by Gasteiger charge is -2.21. The number of sulfonamides is 1. The Morgan fingerprint density at radius 3 is 2.70 bits per heavy atom. The summed E-state index contributed by atoms with van der Waals surface area (Å²) in [6, 6.07) is 10.2. The van der Waals surface area contributed by atoms with Crippen LogP contribution in [-0.4, -0.2) is 45.4 Å². The number of fused-ring (bicyclic) bond motifs is 2. The van der Waals surface area contributed by atoms with Crippen molar-refractivity contribution < 1.29 is 17.9 Å². The fourth-order valence-corrected chi connectivity index (χ4v) is 4.65. The molecule has 0 aromatic heterocycles. The molecule has 2 aliphatic rings. The molecule has 4 rings (SSSR count). The summed E-state index contributed by atoms with van der Waals surface area (Å²) < 4.78 is 31.6. The predicted molar refractivity (Wildman–Crippen MR) is 103 cm³/mol. The van der Waals surface area contributed by atoms with E-state index in [9.17, 15) is 13.2 Å². The second kappa shape index (κ2) is 6.51. The number of carbonyl (C=O) groups is 1. The highest BCUT2D eigenvalue weighted by Gasteiger charge is 2.36. The van der Waals surface area contributed by atoms with E-state index in [1.807, 2.05) is 6.07 Å². The van der Waals surface area contributed by atoms with Crippen molar-refractivity contribution in [3.05, 3.63) is 52.5 Å². The third-order valence-electron chi connectivity index (χ3n) is 4.96. The van der Waals surface area contributed by atoms with Gasteiger partial charge in [0, 0.05) is 37.8 Å². The molecule has 0 unspecified atom stereocenters. The molecule has 2 aromatic carbocycles. The van der Waals surface area contributed by atoms with E-state index in [0.29, 0.717) is 30.2 Å². The molecule has 0 N–H and O–H groups in total. The molecule has 2 aliphatic heterocycles. The molecule has 2 heterocycles. The Kier molecular flexibility index (Phi) is 4.41. The van der Waals surface area contributed by atoms with Gasteiger partial charge in [-0.1, -0.05) is 11.6 Å². The van der Waals surface area contributed by atoms with Crippen molar-refractivity contribution in [2.75, 3.05) is 25.5 Å². The molecule has 27 heavy (non-hydrogen) atoms. The highest BCUT2D eigenvalue weighted by molar-refractivity contribution is 7.89. The van der Waals surface area contributed by atoms with E-state index in [1.54, 1.807) is 35.2 Å². The molecule has 0 spiro atoms. The Bertz CT molecular complexity index is 1040. The third-order valence-corrected chi connectivity index (χ3v) is 7.01. The first-order valence-corrected chi connectivity index (χ1v) is 10.4. The van der Waals surface area contributed by atoms with Crippen LogP contribution in [0.15, 0.2) is 41.3 Å². The molecular formula is C19H19ClN2O4S. The fourth-order valence-electron chi connectivity index (χ4n) is 3.51. The first-order valence-electron chi connectivity index (χ1n) is 8.59. The number of rotatable bonds is 3. The minimum atomic E-state index is -3.50. The smallest absolute Gasteiger partial charge is 0.268 e. The zero-order valence-corrected chi connectivity index (χ0v) is 16.5. The second-order valence-corrected chi connectivity index (χ2v) is 9.47. The second-order valence-electron chi connectivity index (χ2n) is 6.88. The molecule has 0 fully saturated rings. The van der Waals surface area contributed by atoms with Crippen molar-refractivity contribution in [1.82, 2.24) is 4.31 Å². The van der Waals surface area contributed by atoms with Crippen LogP contribution in [0.25, 0.3) is 0 Å². The topological polar surface area (TPSA) is 66.9 Å². The zero-order chi connectivity index (χ0) is 19.3. The SMILES string of the molecule is CN(C)S(=O)(=O)c1ccc2c(c1)CCN2C(=O)[C@@H]1Cc2cc(Cl)ccc2O1. The van der Waals surface area contributed by atoms with Crippen LogP contribution in [0.3, 0.4) is 0 Å². The summed E-state index contributed by atoms with van der Waals surface area (Å²) >= 11 is 6.02. The Balaban J connectivity index is 1.57. The van der Waals surface area contributed by atoms with Gasteiger partial charge in [-0.15, -0.1) is 0 Å². The van der Waals surface area contributed by atoms with Crippen molar-refractivity contribution in [1.29, 1.82) is 0 Å². The molecule has 1 amide bonds. The van der Waals surface area contributed by atoms with Crippen LogP contribution < -0.4 is 9.64 Å². The molecule has 1 atom stereocenters. The molecule has 0 radical (unpaired) electrons. The van der Waals surface area contributed by atoms with Crippen molar-refractivity contribution >= 4 is 33.2 Å². The Morgan fingerprint density at radius 2 is 1.96 bits per heavy atom. The number of hydrogen-bond acceptors (Lipinski definition) is 4. The van der Waals surface area contributed by atoms with Crippen molar-refractivity contribution in [3.8, 4) is 5.75 Å². The van der Waals surface area contributed by atoms with Gasteiger partial charge < -0.3 is 9.64 Å². The van der Waals surface area contributed by atoms with Gasteiger partial charge in [0.2, 0.25) is 10.0 Å². The van der Waals surface area contributed by atoms with Crippen LogP contribution in [0.2, 0.25) is 5.02 Å². The van der Waals surface area contributed by atoms with Crippen LogP contribution >= 0.6 is 11.6 Å². The number of amides is 1. The maximum absolute atomic E-state index is 13.0. The fraction of sp³-hybridized carbons (Fsp3) is 0.316. The zero-order valence-electron chi connectivity index (χ0n) is 15.0. The third kappa shape index (κ3) is 3.09. The number of halogens is 1. The molecule has 6 nitrogen and oxygen atoms in total. The lowest BCUT2D eigenvalue weighted by Crippen LogP contribution is -2.40. The number of benzene rings is 2. The molecule has 142 valence electrons. The monoisotopic (exact) mass is 406 g/mol. The molecule has 0 bridgehead atoms. The van der Waals surface area contributed by atoms with Crippen LogP contribution in [0.1, 0.15) is 11.1 Å². The number of nitrogens with zero attached hydrogens (tertiary/aromatic N) is 2. The predicted octanol–water partition coefficient (Wildman–Crippen LogP) is 2.48. The van der Waals surface area contributed by atoms with Gasteiger partial charge in [-0.25, -0.2) is 12.7 Å². The summed E-state index contributed by atoms with van der Waals surface area (Å²) in [4.78, 5) is 14.9. The van der Waals surface area contributed by atoms with Crippen LogP contribution in [0.4, 0.5) is 5.69 Å². The van der Waals surface area contributed by atoms with Gasteiger partial charge in [0.05, 0.1) is 4.90 Å². The van der Waals surface area contributed by atoms with Gasteiger partial charge in [-0.05, 0) is 53.9 Å². The van der Waals surface area contributed by atoms with E-state index in [1.165, 1.54) is 18.4 Å². The van der Waals surface area contributed by atoms with Crippen molar-refractivity contribution in [3.63, 3.8) is 0 Å². The van der Waals surface area contributed by atoms with Gasteiger partial charge in [-0.3, -0.25) is 4.79 Å². The Morgan fingerprint density at radius 1 is 1.19 bits per heavy atom. The van der Waals surface area contributed by atoms with E-state index in [2.05, 4.69) is 0 Å². The van der Waals surface area contributed by atoms with E-state index in [0.717, 1.165) is 16.8 Å². The van der Waals surface area contributed by atoms with Crippen molar-refractivity contribution in [2.24, 2.45) is 0 Å². The summed E-state index contributed by atoms with van der Waals surface area (Å²) in [5.74, 6) is 0.564. The summed E-state index contributed by atoms with van der Waals surface area (Å²) in [6.07, 6.45) is 0.506. The van der Waals surface area contributed by atoms with Gasteiger partial charge in [0.25, 0.3) is 5.91 Å². The average molecular weight is 407 g/mol. The van der Waals surface area contributed by atoms with E-state index in [4.69, 9.17) is 16.3 Å². The van der Waals surface area contributed by atoms with Crippen LogP contribution in [-0.2, 0) is 27.7 Å². The lowest BCUT2D eigenvalue weighted by molar-refractivity contribution is -0.124. The minimum Gasteiger partial charge on any atom is -0.480 e. The molecule has 2 aromatic rings. The standard InChI is InChI=1S/C19H19ClN2O4S/c1-21(2)27(24,25)15-4-5-16-12(10-15)7-8-22(16)19(23)18-11-13-9-14(20)3-6-17(13)26-18/h3-6,9-10,18H,7-8,11H2,1-2H3/t18-/m0/s1. The highest BCUT2D eigenvalue weighted by atomic mass is 35.5. The number of hydrogen-bond donors (Lipinski definition) is 0. The first-order chi connectivity index (χ1) is 12.8. The summed E-state index contributed by atoms with van der Waals surface area (Å²) in [5.41, 5.74) is 2.52. The van der Waals surface area contributed by atoms with Crippen LogP contribution in [0, 0.1) is 0 Å². The molecule has 8 heteroatoms.